The zero-order valence-electron chi connectivity index (χ0n) is 15.5. The number of anilines is 2. The number of carbonyl (C=O) groups is 1. The predicted molar refractivity (Wildman–Crippen MR) is 111 cm³/mol. The first kappa shape index (κ1) is 18.2. The molecule has 0 atom stereocenters. The van der Waals surface area contributed by atoms with Gasteiger partial charge in [-0.05, 0) is 36.2 Å². The van der Waals surface area contributed by atoms with Gasteiger partial charge in [0.15, 0.2) is 0 Å². The molecular weight excluding hydrogens is 364 g/mol. The quantitative estimate of drug-likeness (QED) is 0.473. The van der Waals surface area contributed by atoms with Crippen LogP contribution in [0, 0.1) is 11.3 Å². The van der Waals surface area contributed by atoms with Crippen LogP contribution >= 0.6 is 0 Å². The molecule has 0 aliphatic heterocycles. The highest BCUT2D eigenvalue weighted by molar-refractivity contribution is 5.92. The number of para-hydroxylation sites is 1. The number of H-pyrrole nitrogens is 1. The second kappa shape index (κ2) is 8.23. The minimum atomic E-state index is -0.268. The normalized spacial score (nSPS) is 10.4. The number of nitrogens with one attached hydrogen (secondary N) is 3. The number of hydrogen-bond acceptors (Lipinski definition) is 5. The lowest BCUT2D eigenvalue weighted by atomic mass is 10.1. The van der Waals surface area contributed by atoms with E-state index in [0.29, 0.717) is 17.9 Å². The Labute approximate surface area is 167 Å². The van der Waals surface area contributed by atoms with Crippen LogP contribution in [0.5, 0.6) is 0 Å². The molecule has 142 valence electrons. The van der Waals surface area contributed by atoms with Gasteiger partial charge in [-0.1, -0.05) is 24.3 Å². The van der Waals surface area contributed by atoms with E-state index in [2.05, 4.69) is 37.7 Å². The van der Waals surface area contributed by atoms with Crippen LogP contribution in [0.25, 0.3) is 10.9 Å². The Kier molecular flexibility index (Phi) is 5.16. The van der Waals surface area contributed by atoms with E-state index in [9.17, 15) is 4.79 Å². The van der Waals surface area contributed by atoms with Gasteiger partial charge in [0.05, 0.1) is 24.0 Å². The molecule has 0 aliphatic rings. The van der Waals surface area contributed by atoms with Crippen LogP contribution in [0.3, 0.4) is 0 Å². The third kappa shape index (κ3) is 4.22. The summed E-state index contributed by atoms with van der Waals surface area (Å²) in [5.74, 6) is 0.228. The van der Waals surface area contributed by atoms with Crippen LogP contribution < -0.4 is 10.6 Å². The molecule has 0 spiro atoms. The molecule has 7 nitrogen and oxygen atoms in total. The van der Waals surface area contributed by atoms with Crippen molar-refractivity contribution >= 4 is 28.3 Å². The molecule has 4 rings (SSSR count). The first-order chi connectivity index (χ1) is 14.2. The first-order valence-electron chi connectivity index (χ1n) is 9.15. The lowest BCUT2D eigenvalue weighted by molar-refractivity contribution is 0.0949. The first-order valence-corrected chi connectivity index (χ1v) is 9.15. The van der Waals surface area contributed by atoms with E-state index < -0.39 is 0 Å². The van der Waals surface area contributed by atoms with Crippen LogP contribution in [-0.2, 0) is 6.42 Å². The summed E-state index contributed by atoms with van der Waals surface area (Å²) in [7, 11) is 0. The van der Waals surface area contributed by atoms with Gasteiger partial charge in [0, 0.05) is 29.3 Å². The third-order valence-electron chi connectivity index (χ3n) is 4.50. The number of nitriles is 1. The minimum absolute atomic E-state index is 0.250. The van der Waals surface area contributed by atoms with Crippen LogP contribution in [0.2, 0.25) is 0 Å². The molecule has 0 fully saturated rings. The number of aromatic amines is 1. The molecule has 2 heterocycles. The standard InChI is InChI=1S/C22H18N6O/c23-11-15-4-3-5-17(10-15)28-21-14-26-20(13-27-21)22(29)24-9-8-16-12-25-19-7-2-1-6-18(16)19/h1-7,10,12-14,25H,8-9H2,(H,24,29)(H,27,28). The molecule has 4 aromatic rings. The number of benzene rings is 2. The second-order valence-electron chi connectivity index (χ2n) is 6.47. The number of carbonyl (C=O) groups excluding carboxylic acids is 1. The fraction of sp³-hybridized carbons (Fsp3) is 0.0909. The summed E-state index contributed by atoms with van der Waals surface area (Å²) < 4.78 is 0. The van der Waals surface area contributed by atoms with E-state index in [-0.39, 0.29) is 11.6 Å². The van der Waals surface area contributed by atoms with Gasteiger partial charge in [-0.15, -0.1) is 0 Å². The Morgan fingerprint density at radius 3 is 2.83 bits per heavy atom. The zero-order chi connectivity index (χ0) is 20.1. The van der Waals surface area contributed by atoms with Gasteiger partial charge in [0.2, 0.25) is 0 Å². The lowest BCUT2D eigenvalue weighted by Crippen LogP contribution is -2.26. The smallest absolute Gasteiger partial charge is 0.271 e. The van der Waals surface area contributed by atoms with Crippen LogP contribution in [0.1, 0.15) is 21.6 Å². The number of nitrogens with zero attached hydrogens (tertiary/aromatic N) is 3. The Bertz CT molecular complexity index is 1190. The Hall–Kier alpha value is -4.18. The van der Waals surface area contributed by atoms with Gasteiger partial charge in [-0.3, -0.25) is 4.79 Å². The maximum Gasteiger partial charge on any atom is 0.271 e. The van der Waals surface area contributed by atoms with Crippen molar-refractivity contribution in [1.82, 2.24) is 20.3 Å². The Morgan fingerprint density at radius 1 is 1.10 bits per heavy atom. The van der Waals surface area contributed by atoms with E-state index in [1.54, 1.807) is 18.2 Å². The second-order valence-corrected chi connectivity index (χ2v) is 6.47. The maximum atomic E-state index is 12.3. The van der Waals surface area contributed by atoms with E-state index >= 15 is 0 Å². The highest BCUT2D eigenvalue weighted by Gasteiger charge is 2.09. The number of fused-ring (bicyclic) bond motifs is 1. The van der Waals surface area contributed by atoms with Crippen molar-refractivity contribution in [3.8, 4) is 6.07 Å². The van der Waals surface area contributed by atoms with Crippen LogP contribution in [0.4, 0.5) is 11.5 Å². The van der Waals surface area contributed by atoms with Crippen LogP contribution in [-0.4, -0.2) is 27.4 Å². The summed E-state index contributed by atoms with van der Waals surface area (Å²) >= 11 is 0. The molecule has 0 unspecified atom stereocenters. The van der Waals surface area contributed by atoms with Crippen molar-refractivity contribution in [1.29, 1.82) is 5.26 Å². The number of aromatic nitrogens is 3. The van der Waals surface area contributed by atoms with Crippen molar-refractivity contribution in [2.75, 3.05) is 11.9 Å². The monoisotopic (exact) mass is 382 g/mol. The van der Waals surface area contributed by atoms with Gasteiger partial charge in [-0.25, -0.2) is 9.97 Å². The van der Waals surface area contributed by atoms with Crippen molar-refractivity contribution in [3.05, 3.63) is 83.9 Å². The molecule has 3 N–H and O–H groups in total. The third-order valence-corrected chi connectivity index (χ3v) is 4.50. The van der Waals surface area contributed by atoms with Gasteiger partial charge >= 0.3 is 0 Å². The summed E-state index contributed by atoms with van der Waals surface area (Å²) in [4.78, 5) is 23.9. The fourth-order valence-electron chi connectivity index (χ4n) is 3.06. The number of amides is 1. The molecule has 0 radical (unpaired) electrons. The minimum Gasteiger partial charge on any atom is -0.361 e. The molecule has 29 heavy (non-hydrogen) atoms. The Balaban J connectivity index is 1.33. The zero-order valence-corrected chi connectivity index (χ0v) is 15.5. The largest absolute Gasteiger partial charge is 0.361 e. The molecule has 1 amide bonds. The summed E-state index contributed by atoms with van der Waals surface area (Å²) in [6.45, 7) is 0.503. The molecule has 0 saturated carbocycles. The van der Waals surface area contributed by atoms with E-state index in [0.717, 1.165) is 28.6 Å². The average Bonchev–Trinajstić information content (AvgIpc) is 3.17. The molecule has 0 aliphatic carbocycles. The van der Waals surface area contributed by atoms with E-state index in [1.807, 2.05) is 30.5 Å². The van der Waals surface area contributed by atoms with Gasteiger partial charge in [-0.2, -0.15) is 5.26 Å². The van der Waals surface area contributed by atoms with Crippen molar-refractivity contribution in [2.45, 2.75) is 6.42 Å². The van der Waals surface area contributed by atoms with Crippen molar-refractivity contribution < 1.29 is 4.79 Å². The number of rotatable bonds is 6. The topological polar surface area (TPSA) is 106 Å². The molecule has 2 aromatic carbocycles. The fourth-order valence-corrected chi connectivity index (χ4v) is 3.06. The lowest BCUT2D eigenvalue weighted by Gasteiger charge is -2.07. The van der Waals surface area contributed by atoms with Gasteiger partial charge in [0.25, 0.3) is 5.91 Å². The predicted octanol–water partition coefficient (Wildman–Crippen LogP) is 3.55. The highest BCUT2D eigenvalue weighted by Crippen LogP contribution is 2.18. The summed E-state index contributed by atoms with van der Waals surface area (Å²) in [6.07, 6.45) is 5.61. The average molecular weight is 382 g/mol. The number of hydrogen-bond donors (Lipinski definition) is 3. The summed E-state index contributed by atoms with van der Waals surface area (Å²) in [5.41, 5.74) is 3.78. The van der Waals surface area contributed by atoms with Crippen molar-refractivity contribution in [3.63, 3.8) is 0 Å². The molecule has 0 saturated heterocycles. The van der Waals surface area contributed by atoms with Crippen LogP contribution in [0.15, 0.2) is 67.1 Å². The van der Waals surface area contributed by atoms with Gasteiger partial charge in [0.1, 0.15) is 11.5 Å². The van der Waals surface area contributed by atoms with Crippen molar-refractivity contribution in [2.24, 2.45) is 0 Å². The molecular formula is C22H18N6O. The summed E-state index contributed by atoms with van der Waals surface area (Å²) in [6, 6.07) is 17.2. The Morgan fingerprint density at radius 2 is 2.00 bits per heavy atom. The van der Waals surface area contributed by atoms with Gasteiger partial charge < -0.3 is 15.6 Å². The molecule has 2 aromatic heterocycles. The SMILES string of the molecule is N#Cc1cccc(Nc2cnc(C(=O)NCCc3c[nH]c4ccccc34)cn2)c1. The molecule has 7 heteroatoms. The van der Waals surface area contributed by atoms with E-state index in [1.165, 1.54) is 12.4 Å². The van der Waals surface area contributed by atoms with E-state index in [4.69, 9.17) is 5.26 Å². The summed E-state index contributed by atoms with van der Waals surface area (Å²) in [5, 5.41) is 16.1. The highest BCUT2D eigenvalue weighted by atomic mass is 16.1. The molecule has 0 bridgehead atoms. The maximum absolute atomic E-state index is 12.3.